The van der Waals surface area contributed by atoms with Crippen molar-refractivity contribution < 1.29 is 9.59 Å². The Bertz CT molecular complexity index is 1330. The largest absolute Gasteiger partial charge is 0.362 e. The minimum Gasteiger partial charge on any atom is -0.362 e. The first-order valence-electron chi connectivity index (χ1n) is 14.5. The van der Waals surface area contributed by atoms with Gasteiger partial charge in [0.15, 0.2) is 0 Å². The number of carbonyl (C=O) groups is 2. The van der Waals surface area contributed by atoms with E-state index in [2.05, 4.69) is 20.9 Å². The van der Waals surface area contributed by atoms with Crippen LogP contribution in [0.15, 0.2) is 54.6 Å². The minimum atomic E-state index is -0.253. The molecule has 210 valence electrons. The third-order valence-electron chi connectivity index (χ3n) is 8.04. The van der Waals surface area contributed by atoms with Crippen LogP contribution in [0.5, 0.6) is 0 Å². The van der Waals surface area contributed by atoms with E-state index < -0.39 is 0 Å². The van der Waals surface area contributed by atoms with E-state index in [1.165, 1.54) is 24.1 Å². The Morgan fingerprint density at radius 2 is 1.45 bits per heavy atom. The number of anilines is 2. The van der Waals surface area contributed by atoms with Crippen molar-refractivity contribution in [2.45, 2.75) is 76.4 Å². The predicted molar refractivity (Wildman–Crippen MR) is 159 cm³/mol. The van der Waals surface area contributed by atoms with E-state index in [0.29, 0.717) is 17.1 Å². The molecule has 0 saturated heterocycles. The zero-order valence-corrected chi connectivity index (χ0v) is 23.7. The first-order chi connectivity index (χ1) is 19.4. The summed E-state index contributed by atoms with van der Waals surface area (Å²) in [6.45, 7) is 1.94. The second-order valence-corrected chi connectivity index (χ2v) is 11.2. The molecule has 3 N–H and O–H groups in total. The quantitative estimate of drug-likeness (QED) is 0.369. The highest BCUT2D eigenvalue weighted by Gasteiger charge is 2.26. The van der Waals surface area contributed by atoms with Crippen molar-refractivity contribution in [1.29, 1.82) is 0 Å². The number of aromatic nitrogens is 2. The first-order valence-corrected chi connectivity index (χ1v) is 14.5. The third-order valence-corrected chi connectivity index (χ3v) is 8.04. The summed E-state index contributed by atoms with van der Waals surface area (Å²) >= 11 is 0. The van der Waals surface area contributed by atoms with E-state index in [9.17, 15) is 9.59 Å². The maximum absolute atomic E-state index is 13.3. The number of benzene rings is 2. The number of aryl methyl sites for hydroxylation is 1. The molecule has 8 heteroatoms. The summed E-state index contributed by atoms with van der Waals surface area (Å²) in [5, 5.41) is 9.78. The number of nitrogens with one attached hydrogen (secondary N) is 3. The molecule has 0 radical (unpaired) electrons. The fourth-order valence-electron chi connectivity index (χ4n) is 5.82. The molecule has 8 nitrogen and oxygen atoms in total. The van der Waals surface area contributed by atoms with Gasteiger partial charge in [0.05, 0.1) is 22.9 Å². The molecule has 0 spiro atoms. The van der Waals surface area contributed by atoms with Crippen molar-refractivity contribution in [3.8, 4) is 0 Å². The summed E-state index contributed by atoms with van der Waals surface area (Å²) in [5.41, 5.74) is 4.27. The molecular formula is C32H40N6O2. The minimum absolute atomic E-state index is 0.0618. The molecule has 1 aromatic heterocycles. The van der Waals surface area contributed by atoms with Gasteiger partial charge in [0, 0.05) is 31.7 Å². The molecule has 2 aromatic carbocycles. The maximum atomic E-state index is 13.3. The molecule has 1 fully saturated rings. The van der Waals surface area contributed by atoms with Crippen molar-refractivity contribution in [3.63, 3.8) is 0 Å². The van der Waals surface area contributed by atoms with Gasteiger partial charge in [-0.15, -0.1) is 0 Å². The Labute approximate surface area is 237 Å². The topological polar surface area (TPSA) is 99.2 Å². The van der Waals surface area contributed by atoms with Crippen molar-refractivity contribution in [2.75, 3.05) is 24.3 Å². The van der Waals surface area contributed by atoms with Gasteiger partial charge in [0.2, 0.25) is 5.95 Å². The molecule has 0 bridgehead atoms. The number of rotatable bonds is 8. The molecule has 0 aliphatic heterocycles. The van der Waals surface area contributed by atoms with Gasteiger partial charge < -0.3 is 20.9 Å². The van der Waals surface area contributed by atoms with Gasteiger partial charge in [-0.2, -0.15) is 4.98 Å². The second kappa shape index (κ2) is 12.5. The lowest BCUT2D eigenvalue weighted by Gasteiger charge is -2.30. The number of amides is 2. The molecule has 1 saturated carbocycles. The lowest BCUT2D eigenvalue weighted by atomic mass is 9.91. The Morgan fingerprint density at radius 1 is 0.825 bits per heavy atom. The van der Waals surface area contributed by atoms with Crippen LogP contribution in [0.4, 0.5) is 11.8 Å². The van der Waals surface area contributed by atoms with E-state index in [4.69, 9.17) is 9.97 Å². The van der Waals surface area contributed by atoms with Crippen LogP contribution in [0.1, 0.15) is 89.0 Å². The van der Waals surface area contributed by atoms with E-state index in [-0.39, 0.29) is 29.9 Å². The molecule has 1 heterocycles. The number of carbonyl (C=O) groups excluding carboxylic acids is 2. The van der Waals surface area contributed by atoms with Gasteiger partial charge in [-0.25, -0.2) is 4.98 Å². The van der Waals surface area contributed by atoms with Gasteiger partial charge in [0.1, 0.15) is 5.82 Å². The van der Waals surface area contributed by atoms with Crippen LogP contribution in [-0.2, 0) is 12.8 Å². The average molecular weight is 541 g/mol. The van der Waals surface area contributed by atoms with E-state index in [0.717, 1.165) is 49.9 Å². The van der Waals surface area contributed by atoms with Gasteiger partial charge in [-0.05, 0) is 76.0 Å². The number of hydrogen-bond acceptors (Lipinski definition) is 6. The van der Waals surface area contributed by atoms with Crippen LogP contribution in [-0.4, -0.2) is 48.0 Å². The smallest absolute Gasteiger partial charge is 0.252 e. The van der Waals surface area contributed by atoms with Crippen LogP contribution in [0, 0.1) is 0 Å². The van der Waals surface area contributed by atoms with Crippen molar-refractivity contribution in [1.82, 2.24) is 20.6 Å². The molecule has 40 heavy (non-hydrogen) atoms. The molecule has 2 aliphatic rings. The monoisotopic (exact) mass is 540 g/mol. The predicted octanol–water partition coefficient (Wildman–Crippen LogP) is 5.07. The Balaban J connectivity index is 1.17. The van der Waals surface area contributed by atoms with Crippen LogP contribution < -0.4 is 20.9 Å². The maximum Gasteiger partial charge on any atom is 0.252 e. The summed E-state index contributed by atoms with van der Waals surface area (Å²) in [6, 6.07) is 17.0. The fourth-order valence-corrected chi connectivity index (χ4v) is 5.82. The van der Waals surface area contributed by atoms with Crippen LogP contribution in [0.2, 0.25) is 0 Å². The molecule has 5 rings (SSSR count). The summed E-state index contributed by atoms with van der Waals surface area (Å²) < 4.78 is 0. The van der Waals surface area contributed by atoms with Gasteiger partial charge in [-0.3, -0.25) is 9.59 Å². The average Bonchev–Trinajstić information content (AvgIpc) is 2.98. The number of nitrogens with zero attached hydrogens (tertiary/aromatic N) is 3. The highest BCUT2D eigenvalue weighted by Crippen LogP contribution is 2.29. The SMILES string of the molecule is C[C@H](NC(=O)c1ccccc1C(=O)N[C@H]1CC[C@@H](Nc2nc3c(c(N(C)C)n2)CCCC3)CC1)c1ccccc1. The first kappa shape index (κ1) is 27.6. The molecule has 3 aromatic rings. The second-order valence-electron chi connectivity index (χ2n) is 11.2. The molecule has 2 aliphatic carbocycles. The van der Waals surface area contributed by atoms with Crippen LogP contribution in [0.3, 0.4) is 0 Å². The third kappa shape index (κ3) is 6.43. The summed E-state index contributed by atoms with van der Waals surface area (Å²) in [6.07, 6.45) is 7.97. The zero-order chi connectivity index (χ0) is 28.1. The zero-order valence-electron chi connectivity index (χ0n) is 23.7. The highest BCUT2D eigenvalue weighted by atomic mass is 16.2. The van der Waals surface area contributed by atoms with Crippen molar-refractivity contribution in [3.05, 3.63) is 82.5 Å². The Morgan fingerprint density at radius 3 is 2.15 bits per heavy atom. The Hall–Kier alpha value is -3.94. The highest BCUT2D eigenvalue weighted by molar-refractivity contribution is 6.07. The van der Waals surface area contributed by atoms with Crippen molar-refractivity contribution in [2.24, 2.45) is 0 Å². The van der Waals surface area contributed by atoms with E-state index >= 15 is 0 Å². The van der Waals surface area contributed by atoms with Crippen LogP contribution >= 0.6 is 0 Å². The normalized spacial score (nSPS) is 19.2. The van der Waals surface area contributed by atoms with Crippen molar-refractivity contribution >= 4 is 23.6 Å². The van der Waals surface area contributed by atoms with E-state index in [1.54, 1.807) is 24.3 Å². The number of hydrogen-bond donors (Lipinski definition) is 3. The summed E-state index contributed by atoms with van der Waals surface area (Å²) in [4.78, 5) is 38.2. The summed E-state index contributed by atoms with van der Waals surface area (Å²) in [5.74, 6) is 1.27. The van der Waals surface area contributed by atoms with Crippen LogP contribution in [0.25, 0.3) is 0 Å². The van der Waals surface area contributed by atoms with E-state index in [1.807, 2.05) is 51.4 Å². The lowest BCUT2D eigenvalue weighted by Crippen LogP contribution is -2.41. The Kier molecular flexibility index (Phi) is 8.63. The molecule has 0 unspecified atom stereocenters. The van der Waals surface area contributed by atoms with Gasteiger partial charge >= 0.3 is 0 Å². The number of fused-ring (bicyclic) bond motifs is 1. The van der Waals surface area contributed by atoms with Gasteiger partial charge in [-0.1, -0.05) is 42.5 Å². The lowest BCUT2D eigenvalue weighted by molar-refractivity contribution is 0.0897. The fraction of sp³-hybridized carbons (Fsp3) is 0.438. The standard InChI is InChI=1S/C32H40N6O2/c1-21(22-11-5-4-6-12-22)33-30(39)25-13-7-8-14-26(25)31(40)34-23-17-19-24(20-18-23)35-32-36-28-16-10-9-15-27(28)29(37-32)38(2)3/h4-8,11-14,21,23-24H,9-10,15-20H2,1-3H3,(H,33,39)(H,34,40)(H,35,36,37)/t21-,23-,24+/m0/s1. The van der Waals surface area contributed by atoms with Gasteiger partial charge in [0.25, 0.3) is 11.8 Å². The molecule has 1 atom stereocenters. The molecular weight excluding hydrogens is 500 g/mol. The molecule has 2 amide bonds. The summed E-state index contributed by atoms with van der Waals surface area (Å²) in [7, 11) is 4.08.